The largest absolute Gasteiger partial charge is 0.310 e. The van der Waals surface area contributed by atoms with Crippen molar-refractivity contribution < 1.29 is 0 Å². The van der Waals surface area contributed by atoms with Crippen LogP contribution in [0.2, 0.25) is 0 Å². The standard InChI is InChI=1S/C56H45N3/c1-2-11-37(12-3-1)38-25-28-41(29-26-38)58(53-20-9-17-50-47(53)16-10-32-57-50)42-30-31-43-46-15-8-21-54(59-51-18-6-4-13-44(51)45-14-5-7-19-52(45)59)55(46)56(49(43)35-42)40-27-24-39-23-22-36(33-40)34-48(39)56/h1-21,25-26,28-32,35-36,39-40,48H,22-24,27,33-34H2. The summed E-state index contributed by atoms with van der Waals surface area (Å²) >= 11 is 0. The quantitative estimate of drug-likeness (QED) is 0.174. The monoisotopic (exact) mass is 759 g/mol. The Kier molecular flexibility index (Phi) is 7.26. The van der Waals surface area contributed by atoms with Crippen molar-refractivity contribution in [2.45, 2.75) is 43.9 Å². The van der Waals surface area contributed by atoms with Crippen molar-refractivity contribution in [1.82, 2.24) is 9.55 Å². The van der Waals surface area contributed by atoms with Crippen molar-refractivity contribution in [3.63, 3.8) is 0 Å². The maximum Gasteiger partial charge on any atom is 0.0723 e. The van der Waals surface area contributed by atoms with Crippen LogP contribution >= 0.6 is 0 Å². The lowest BCUT2D eigenvalue weighted by Gasteiger charge is -2.60. The van der Waals surface area contributed by atoms with E-state index in [1.165, 1.54) is 94.0 Å². The van der Waals surface area contributed by atoms with Crippen molar-refractivity contribution >= 4 is 49.8 Å². The Labute approximate surface area is 345 Å². The van der Waals surface area contributed by atoms with Crippen LogP contribution in [0, 0.1) is 23.7 Å². The van der Waals surface area contributed by atoms with Gasteiger partial charge >= 0.3 is 0 Å². The Morgan fingerprint density at radius 2 is 1.25 bits per heavy atom. The fraction of sp³-hybridized carbons (Fsp3) is 0.196. The molecular weight excluding hydrogens is 715 g/mol. The molecular formula is C56H45N3. The van der Waals surface area contributed by atoms with Crippen molar-refractivity contribution in [3.05, 3.63) is 187 Å². The Hall–Kier alpha value is -6.45. The van der Waals surface area contributed by atoms with Crippen LogP contribution in [0.1, 0.15) is 49.7 Å². The molecule has 4 aliphatic carbocycles. The van der Waals surface area contributed by atoms with Gasteiger partial charge < -0.3 is 9.47 Å². The predicted molar refractivity (Wildman–Crippen MR) is 244 cm³/mol. The molecule has 59 heavy (non-hydrogen) atoms. The predicted octanol–water partition coefficient (Wildman–Crippen LogP) is 14.6. The van der Waals surface area contributed by atoms with Gasteiger partial charge in [-0.25, -0.2) is 0 Å². The first kappa shape index (κ1) is 33.5. The summed E-state index contributed by atoms with van der Waals surface area (Å²) in [6.45, 7) is 0. The first-order valence-electron chi connectivity index (χ1n) is 21.8. The van der Waals surface area contributed by atoms with Crippen molar-refractivity contribution in [3.8, 4) is 27.9 Å². The SMILES string of the molecule is c1ccc(-c2ccc(N(c3ccc4c(c3)C3(c5c-4cccc5-n4c5ccccc5c5ccccc54)C4CCC5CCC(C4)CC53)c3cccc4ncccc34)cc2)cc1. The minimum Gasteiger partial charge on any atom is -0.310 e. The van der Waals surface area contributed by atoms with Gasteiger partial charge in [0.2, 0.25) is 0 Å². The number of para-hydroxylation sites is 2. The second-order valence-corrected chi connectivity index (χ2v) is 17.8. The number of anilines is 3. The number of rotatable bonds is 5. The molecule has 3 heteroatoms. The maximum absolute atomic E-state index is 4.83. The van der Waals surface area contributed by atoms with Crippen molar-refractivity contribution in [2.24, 2.45) is 23.7 Å². The van der Waals surface area contributed by atoms with Gasteiger partial charge in [-0.05, 0) is 156 Å². The van der Waals surface area contributed by atoms with E-state index >= 15 is 0 Å². The summed E-state index contributed by atoms with van der Waals surface area (Å²) in [6.07, 6.45) is 10.0. The van der Waals surface area contributed by atoms with Gasteiger partial charge in [0.05, 0.1) is 27.9 Å². The van der Waals surface area contributed by atoms with E-state index in [0.717, 1.165) is 34.1 Å². The third-order valence-electron chi connectivity index (χ3n) is 15.2. The maximum atomic E-state index is 4.83. The molecule has 3 saturated carbocycles. The zero-order valence-electron chi connectivity index (χ0n) is 33.1. The number of aromatic nitrogens is 2. The van der Waals surface area contributed by atoms with Crippen molar-refractivity contribution in [1.29, 1.82) is 0 Å². The van der Waals surface area contributed by atoms with Gasteiger partial charge in [-0.2, -0.15) is 0 Å². The molecule has 5 unspecified atom stereocenters. The van der Waals surface area contributed by atoms with E-state index in [4.69, 9.17) is 4.98 Å². The second kappa shape index (κ2) is 12.8. The molecule has 5 atom stereocenters. The van der Waals surface area contributed by atoms with Crippen LogP contribution in [0.4, 0.5) is 17.1 Å². The zero-order chi connectivity index (χ0) is 38.7. The first-order chi connectivity index (χ1) is 29.3. The van der Waals surface area contributed by atoms with E-state index in [1.807, 2.05) is 6.20 Å². The van der Waals surface area contributed by atoms with E-state index in [2.05, 4.69) is 179 Å². The van der Waals surface area contributed by atoms with E-state index in [9.17, 15) is 0 Å². The molecule has 2 heterocycles. The summed E-state index contributed by atoms with van der Waals surface area (Å²) < 4.78 is 2.63. The molecule has 0 radical (unpaired) electrons. The summed E-state index contributed by atoms with van der Waals surface area (Å²) in [5, 5.41) is 3.81. The van der Waals surface area contributed by atoms with E-state index in [-0.39, 0.29) is 5.41 Å². The van der Waals surface area contributed by atoms with Crippen LogP contribution in [0.15, 0.2) is 176 Å². The fourth-order valence-corrected chi connectivity index (χ4v) is 13.0. The van der Waals surface area contributed by atoms with Crippen LogP contribution in [-0.2, 0) is 5.41 Å². The molecule has 0 N–H and O–H groups in total. The number of nitrogens with zero attached hydrogens (tertiary/aromatic N) is 3. The first-order valence-corrected chi connectivity index (χ1v) is 21.8. The van der Waals surface area contributed by atoms with E-state index in [1.54, 1.807) is 11.1 Å². The Morgan fingerprint density at radius 3 is 2.08 bits per heavy atom. The van der Waals surface area contributed by atoms with Gasteiger partial charge in [0, 0.05) is 39.1 Å². The average molecular weight is 760 g/mol. The molecule has 2 aromatic heterocycles. The van der Waals surface area contributed by atoms with Gasteiger partial charge in [0.15, 0.2) is 0 Å². The van der Waals surface area contributed by atoms with Gasteiger partial charge in [0.25, 0.3) is 0 Å². The average Bonchev–Trinajstić information content (AvgIpc) is 3.77. The molecule has 3 bridgehead atoms. The summed E-state index contributed by atoms with van der Waals surface area (Å²) in [5.74, 6) is 2.82. The highest BCUT2D eigenvalue weighted by Gasteiger charge is 2.62. The second-order valence-electron chi connectivity index (χ2n) is 17.8. The smallest absolute Gasteiger partial charge is 0.0723 e. The zero-order valence-corrected chi connectivity index (χ0v) is 33.1. The van der Waals surface area contributed by atoms with Crippen LogP contribution in [-0.4, -0.2) is 9.55 Å². The number of hydrogen-bond donors (Lipinski definition) is 0. The molecule has 7 aromatic carbocycles. The molecule has 1 spiro atoms. The van der Waals surface area contributed by atoms with Crippen LogP contribution < -0.4 is 4.90 Å². The summed E-state index contributed by atoms with van der Waals surface area (Å²) in [6, 6.07) is 63.7. The molecule has 13 rings (SSSR count). The fourth-order valence-electron chi connectivity index (χ4n) is 13.0. The molecule has 3 fully saturated rings. The third kappa shape index (κ3) is 4.73. The molecule has 4 aliphatic rings. The van der Waals surface area contributed by atoms with Crippen molar-refractivity contribution in [2.75, 3.05) is 4.90 Å². The lowest BCUT2D eigenvalue weighted by atomic mass is 9.43. The Bertz CT molecular complexity index is 3040. The number of hydrogen-bond acceptors (Lipinski definition) is 2. The molecule has 0 saturated heterocycles. The van der Waals surface area contributed by atoms with Crippen LogP contribution in [0.5, 0.6) is 0 Å². The summed E-state index contributed by atoms with van der Waals surface area (Å²) in [4.78, 5) is 7.34. The highest BCUT2D eigenvalue weighted by molar-refractivity contribution is 6.09. The number of fused-ring (bicyclic) bond motifs is 8. The van der Waals surface area contributed by atoms with Crippen LogP contribution in [0.3, 0.4) is 0 Å². The van der Waals surface area contributed by atoms with Gasteiger partial charge in [0.1, 0.15) is 0 Å². The van der Waals surface area contributed by atoms with E-state index in [0.29, 0.717) is 11.8 Å². The lowest BCUT2D eigenvalue weighted by molar-refractivity contribution is -0.0320. The van der Waals surface area contributed by atoms with E-state index < -0.39 is 0 Å². The van der Waals surface area contributed by atoms with Gasteiger partial charge in [-0.3, -0.25) is 4.98 Å². The Balaban J connectivity index is 1.07. The van der Waals surface area contributed by atoms with Gasteiger partial charge in [-0.15, -0.1) is 0 Å². The number of pyridine rings is 1. The van der Waals surface area contributed by atoms with Gasteiger partial charge in [-0.1, -0.05) is 110 Å². The summed E-state index contributed by atoms with van der Waals surface area (Å²) in [7, 11) is 0. The van der Waals surface area contributed by atoms with Crippen LogP contribution in [0.25, 0.3) is 60.6 Å². The minimum atomic E-state index is -0.0628. The third-order valence-corrected chi connectivity index (χ3v) is 15.2. The molecule has 9 aromatic rings. The molecule has 0 amide bonds. The lowest BCUT2D eigenvalue weighted by Crippen LogP contribution is -2.55. The number of benzene rings is 7. The highest BCUT2D eigenvalue weighted by atomic mass is 15.1. The highest BCUT2D eigenvalue weighted by Crippen LogP contribution is 2.70. The molecule has 284 valence electrons. The summed E-state index contributed by atoms with van der Waals surface area (Å²) in [5.41, 5.74) is 16.9. The molecule has 0 aliphatic heterocycles. The molecule has 3 nitrogen and oxygen atoms in total. The normalized spacial score (nSPS) is 22.6. The minimum absolute atomic E-state index is 0.0628. The Morgan fingerprint density at radius 1 is 0.542 bits per heavy atom. The topological polar surface area (TPSA) is 21.1 Å².